The zero-order chi connectivity index (χ0) is 16.1. The number of carbonyl (C=O) groups excluding carboxylic acids is 1. The summed E-state index contributed by atoms with van der Waals surface area (Å²) in [6.45, 7) is 4.26. The predicted molar refractivity (Wildman–Crippen MR) is 90.9 cm³/mol. The molecule has 0 aromatic carbocycles. The Bertz CT molecular complexity index is 628. The third kappa shape index (κ3) is 4.49. The van der Waals surface area contributed by atoms with E-state index in [0.717, 1.165) is 49.6 Å². The molecule has 1 aliphatic heterocycles. The lowest BCUT2D eigenvalue weighted by Crippen LogP contribution is -2.35. The minimum absolute atomic E-state index is 0.227. The summed E-state index contributed by atoms with van der Waals surface area (Å²) in [5.41, 5.74) is 6.57. The lowest BCUT2D eigenvalue weighted by atomic mass is 10.3. The topological polar surface area (TPSA) is 75.3 Å². The molecular weight excluding hydrogens is 310 g/mol. The Labute approximate surface area is 140 Å². The Hall–Kier alpha value is -1.99. The van der Waals surface area contributed by atoms with Gasteiger partial charge in [-0.2, -0.15) is 0 Å². The number of amides is 1. The molecule has 0 bridgehead atoms. The molecule has 0 atom stereocenters. The van der Waals surface area contributed by atoms with Gasteiger partial charge in [0, 0.05) is 55.6 Å². The predicted octanol–water partition coefficient (Wildman–Crippen LogP) is 1.40. The smallest absolute Gasteiger partial charge is 0.227 e. The monoisotopic (exact) mass is 331 g/mol. The number of nitrogens with zero attached hydrogens (tertiary/aromatic N) is 4. The van der Waals surface area contributed by atoms with Crippen LogP contribution in [0.1, 0.15) is 16.9 Å². The average Bonchev–Trinajstić information content (AvgIpc) is 2.94. The maximum absolute atomic E-state index is 12.4. The molecule has 0 saturated carbocycles. The molecule has 2 N–H and O–H groups in total. The van der Waals surface area contributed by atoms with Crippen LogP contribution in [0.4, 0.5) is 5.95 Å². The van der Waals surface area contributed by atoms with Gasteiger partial charge in [-0.05, 0) is 17.9 Å². The summed E-state index contributed by atoms with van der Waals surface area (Å²) >= 11 is 1.64. The van der Waals surface area contributed by atoms with E-state index in [-0.39, 0.29) is 5.91 Å². The van der Waals surface area contributed by atoms with Crippen LogP contribution in [0, 0.1) is 0 Å². The molecule has 6 nitrogen and oxygen atoms in total. The summed E-state index contributed by atoms with van der Waals surface area (Å²) < 4.78 is 0. The molecule has 0 unspecified atom stereocenters. The number of hydrogen-bond acceptors (Lipinski definition) is 6. The Balaban J connectivity index is 1.52. The van der Waals surface area contributed by atoms with E-state index in [4.69, 9.17) is 5.73 Å². The molecule has 2 aromatic heterocycles. The SMILES string of the molecule is Nc1ncc(CN2CCCN(C(=O)Cc3cccs3)CC2)cn1. The fourth-order valence-corrected chi connectivity index (χ4v) is 3.45. The number of nitrogen functional groups attached to an aromatic ring is 1. The van der Waals surface area contributed by atoms with E-state index in [0.29, 0.717) is 12.4 Å². The van der Waals surface area contributed by atoms with Crippen molar-refractivity contribution in [3.05, 3.63) is 40.3 Å². The summed E-state index contributed by atoms with van der Waals surface area (Å²) in [7, 11) is 0. The van der Waals surface area contributed by atoms with Crippen molar-refractivity contribution in [2.75, 3.05) is 31.9 Å². The third-order valence-corrected chi connectivity index (χ3v) is 4.85. The Morgan fingerprint density at radius 2 is 2.04 bits per heavy atom. The van der Waals surface area contributed by atoms with Gasteiger partial charge in [0.1, 0.15) is 0 Å². The zero-order valence-electron chi connectivity index (χ0n) is 13.0. The van der Waals surface area contributed by atoms with E-state index in [2.05, 4.69) is 14.9 Å². The van der Waals surface area contributed by atoms with Crippen molar-refractivity contribution in [3.63, 3.8) is 0 Å². The molecule has 1 aliphatic rings. The maximum Gasteiger partial charge on any atom is 0.227 e. The highest BCUT2D eigenvalue weighted by atomic mass is 32.1. The van der Waals surface area contributed by atoms with E-state index in [9.17, 15) is 4.79 Å². The van der Waals surface area contributed by atoms with Crippen molar-refractivity contribution in [2.45, 2.75) is 19.4 Å². The summed E-state index contributed by atoms with van der Waals surface area (Å²) in [6, 6.07) is 4.01. The van der Waals surface area contributed by atoms with Crippen LogP contribution in [0.25, 0.3) is 0 Å². The van der Waals surface area contributed by atoms with Crippen molar-refractivity contribution in [2.24, 2.45) is 0 Å². The normalized spacial score (nSPS) is 16.3. The first-order chi connectivity index (χ1) is 11.2. The third-order valence-electron chi connectivity index (χ3n) is 3.98. The minimum Gasteiger partial charge on any atom is -0.368 e. The highest BCUT2D eigenvalue weighted by Crippen LogP contribution is 2.13. The van der Waals surface area contributed by atoms with E-state index >= 15 is 0 Å². The summed E-state index contributed by atoms with van der Waals surface area (Å²) in [5, 5.41) is 2.02. The molecular formula is C16H21N5OS. The lowest BCUT2D eigenvalue weighted by molar-refractivity contribution is -0.130. The van der Waals surface area contributed by atoms with Gasteiger partial charge in [0.05, 0.1) is 6.42 Å². The van der Waals surface area contributed by atoms with Crippen LogP contribution >= 0.6 is 11.3 Å². The summed E-state index contributed by atoms with van der Waals surface area (Å²) in [6.07, 6.45) is 5.05. The van der Waals surface area contributed by atoms with Crippen molar-refractivity contribution >= 4 is 23.2 Å². The number of rotatable bonds is 4. The Kier molecular flexibility index (Phi) is 5.19. The van der Waals surface area contributed by atoms with Crippen molar-refractivity contribution in [1.82, 2.24) is 19.8 Å². The number of carbonyl (C=O) groups is 1. The molecule has 1 fully saturated rings. The molecule has 23 heavy (non-hydrogen) atoms. The van der Waals surface area contributed by atoms with Crippen LogP contribution in [-0.2, 0) is 17.8 Å². The second kappa shape index (κ2) is 7.52. The number of aromatic nitrogens is 2. The number of nitrogens with two attached hydrogens (primary N) is 1. The van der Waals surface area contributed by atoms with Gasteiger partial charge >= 0.3 is 0 Å². The van der Waals surface area contributed by atoms with Gasteiger partial charge in [0.2, 0.25) is 11.9 Å². The first kappa shape index (κ1) is 15.9. The van der Waals surface area contributed by atoms with Crippen LogP contribution in [-0.4, -0.2) is 51.9 Å². The zero-order valence-corrected chi connectivity index (χ0v) is 13.8. The van der Waals surface area contributed by atoms with Gasteiger partial charge in [0.15, 0.2) is 0 Å². The van der Waals surface area contributed by atoms with Crippen molar-refractivity contribution < 1.29 is 4.79 Å². The van der Waals surface area contributed by atoms with Gasteiger partial charge in [0.25, 0.3) is 0 Å². The molecule has 122 valence electrons. The van der Waals surface area contributed by atoms with E-state index < -0.39 is 0 Å². The van der Waals surface area contributed by atoms with Crippen molar-refractivity contribution in [1.29, 1.82) is 0 Å². The molecule has 0 radical (unpaired) electrons. The summed E-state index contributed by atoms with van der Waals surface area (Å²) in [4.78, 5) is 25.9. The Morgan fingerprint density at radius 3 is 2.78 bits per heavy atom. The van der Waals surface area contributed by atoms with Gasteiger partial charge in [-0.1, -0.05) is 6.07 Å². The van der Waals surface area contributed by atoms with Crippen LogP contribution in [0.2, 0.25) is 0 Å². The van der Waals surface area contributed by atoms with Crippen LogP contribution < -0.4 is 5.73 Å². The Morgan fingerprint density at radius 1 is 1.22 bits per heavy atom. The second-order valence-corrected chi connectivity index (χ2v) is 6.75. The standard InChI is InChI=1S/C16H21N5OS/c17-16-18-10-13(11-19-16)12-20-4-2-5-21(7-6-20)15(22)9-14-3-1-8-23-14/h1,3,8,10-11H,2,4-7,9,12H2,(H2,17,18,19). The largest absolute Gasteiger partial charge is 0.368 e. The highest BCUT2D eigenvalue weighted by molar-refractivity contribution is 7.10. The van der Waals surface area contributed by atoms with Crippen LogP contribution in [0.15, 0.2) is 29.9 Å². The van der Waals surface area contributed by atoms with Crippen molar-refractivity contribution in [3.8, 4) is 0 Å². The molecule has 0 aliphatic carbocycles. The second-order valence-electron chi connectivity index (χ2n) is 5.72. The average molecular weight is 331 g/mol. The van der Waals surface area contributed by atoms with Gasteiger partial charge < -0.3 is 10.6 Å². The van der Waals surface area contributed by atoms with Gasteiger partial charge in [-0.25, -0.2) is 9.97 Å². The van der Waals surface area contributed by atoms with Crippen LogP contribution in [0.5, 0.6) is 0 Å². The highest BCUT2D eigenvalue weighted by Gasteiger charge is 2.19. The summed E-state index contributed by atoms with van der Waals surface area (Å²) in [5.74, 6) is 0.528. The molecule has 3 rings (SSSR count). The van der Waals surface area contributed by atoms with Crippen LogP contribution in [0.3, 0.4) is 0 Å². The number of anilines is 1. The molecule has 0 spiro atoms. The van der Waals surface area contributed by atoms with Gasteiger partial charge in [-0.3, -0.25) is 9.69 Å². The van der Waals surface area contributed by atoms with E-state index in [1.54, 1.807) is 23.7 Å². The molecule has 7 heteroatoms. The van der Waals surface area contributed by atoms with E-state index in [1.165, 1.54) is 0 Å². The fraction of sp³-hybridized carbons (Fsp3) is 0.438. The van der Waals surface area contributed by atoms with Gasteiger partial charge in [-0.15, -0.1) is 11.3 Å². The number of thiophene rings is 1. The molecule has 1 saturated heterocycles. The minimum atomic E-state index is 0.227. The first-order valence-corrected chi connectivity index (χ1v) is 8.67. The molecule has 1 amide bonds. The molecule has 3 heterocycles. The molecule has 2 aromatic rings. The lowest BCUT2D eigenvalue weighted by Gasteiger charge is -2.21. The van der Waals surface area contributed by atoms with E-state index in [1.807, 2.05) is 22.4 Å². The maximum atomic E-state index is 12.4. The quantitative estimate of drug-likeness (QED) is 0.916. The number of hydrogen-bond donors (Lipinski definition) is 1. The first-order valence-electron chi connectivity index (χ1n) is 7.79. The fourth-order valence-electron chi connectivity index (χ4n) is 2.76.